The summed E-state index contributed by atoms with van der Waals surface area (Å²) in [6, 6.07) is 3.48. The van der Waals surface area contributed by atoms with Gasteiger partial charge in [0, 0.05) is 12.1 Å². The molecular weight excluding hydrogens is 242 g/mol. The molecule has 0 saturated heterocycles. The van der Waals surface area contributed by atoms with Crippen molar-refractivity contribution in [2.24, 2.45) is 0 Å². The largest absolute Gasteiger partial charge is 0.482 e. The van der Waals surface area contributed by atoms with Crippen molar-refractivity contribution in [3.8, 4) is 5.75 Å². The van der Waals surface area contributed by atoms with Crippen molar-refractivity contribution < 1.29 is 9.26 Å². The Morgan fingerprint density at radius 3 is 2.94 bits per heavy atom. The molecule has 17 heavy (non-hydrogen) atoms. The van der Waals surface area contributed by atoms with Gasteiger partial charge in [0.05, 0.1) is 0 Å². The molecule has 0 bridgehead atoms. The van der Waals surface area contributed by atoms with E-state index in [9.17, 15) is 0 Å². The molecular formula is C11H12ClN3O2. The van der Waals surface area contributed by atoms with E-state index in [1.807, 2.05) is 13.8 Å². The van der Waals surface area contributed by atoms with Crippen LogP contribution in [0.4, 0.5) is 0 Å². The molecule has 0 aromatic carbocycles. The maximum absolute atomic E-state index is 5.85. The molecule has 2 rings (SSSR count). The quantitative estimate of drug-likeness (QED) is 0.784. The number of rotatable bonds is 4. The van der Waals surface area contributed by atoms with Gasteiger partial charge in [0.2, 0.25) is 11.7 Å². The Morgan fingerprint density at radius 2 is 2.29 bits per heavy atom. The van der Waals surface area contributed by atoms with Gasteiger partial charge in [-0.3, -0.25) is 0 Å². The Labute approximate surface area is 104 Å². The minimum Gasteiger partial charge on any atom is -0.482 e. The molecule has 0 aliphatic heterocycles. The second kappa shape index (κ2) is 5.14. The van der Waals surface area contributed by atoms with Gasteiger partial charge in [-0.25, -0.2) is 4.98 Å². The van der Waals surface area contributed by atoms with Gasteiger partial charge in [-0.2, -0.15) is 4.98 Å². The Bertz CT molecular complexity index is 499. The zero-order valence-electron chi connectivity index (χ0n) is 9.55. The number of nitrogens with zero attached hydrogens (tertiary/aromatic N) is 3. The van der Waals surface area contributed by atoms with Crippen LogP contribution in [0.3, 0.4) is 0 Å². The average molecular weight is 254 g/mol. The maximum Gasteiger partial charge on any atom is 0.229 e. The van der Waals surface area contributed by atoms with Gasteiger partial charge in [0.25, 0.3) is 0 Å². The summed E-state index contributed by atoms with van der Waals surface area (Å²) < 4.78 is 10.5. The molecule has 0 spiro atoms. The lowest BCUT2D eigenvalue weighted by Gasteiger charge is -2.03. The van der Waals surface area contributed by atoms with Crippen LogP contribution in [0.1, 0.15) is 31.5 Å². The zero-order chi connectivity index (χ0) is 12.3. The van der Waals surface area contributed by atoms with E-state index in [2.05, 4.69) is 15.1 Å². The molecule has 0 saturated carbocycles. The summed E-state index contributed by atoms with van der Waals surface area (Å²) in [4.78, 5) is 8.09. The fourth-order valence-electron chi connectivity index (χ4n) is 1.18. The van der Waals surface area contributed by atoms with Crippen LogP contribution in [-0.2, 0) is 6.61 Å². The summed E-state index contributed by atoms with van der Waals surface area (Å²) in [5, 5.41) is 4.13. The third-order valence-corrected chi connectivity index (χ3v) is 2.34. The van der Waals surface area contributed by atoms with Crippen LogP contribution in [0.15, 0.2) is 22.9 Å². The Balaban J connectivity index is 2.00. The van der Waals surface area contributed by atoms with Crippen molar-refractivity contribution in [2.75, 3.05) is 0 Å². The van der Waals surface area contributed by atoms with E-state index in [1.165, 1.54) is 0 Å². The Morgan fingerprint density at radius 1 is 1.47 bits per heavy atom. The van der Waals surface area contributed by atoms with Crippen LogP contribution in [0.5, 0.6) is 5.75 Å². The minimum absolute atomic E-state index is 0.207. The van der Waals surface area contributed by atoms with Gasteiger partial charge < -0.3 is 9.26 Å². The minimum atomic E-state index is 0.207. The molecule has 0 fully saturated rings. The van der Waals surface area contributed by atoms with Gasteiger partial charge in [-0.15, -0.1) is 0 Å². The van der Waals surface area contributed by atoms with Crippen molar-refractivity contribution in [1.29, 1.82) is 0 Å². The summed E-state index contributed by atoms with van der Waals surface area (Å²) in [6.45, 7) is 4.17. The third kappa shape index (κ3) is 2.94. The van der Waals surface area contributed by atoms with Crippen molar-refractivity contribution >= 4 is 11.6 Å². The SMILES string of the molecule is CC(C)c1nc(COc2cccnc2Cl)no1. The van der Waals surface area contributed by atoms with Crippen LogP contribution in [0.25, 0.3) is 0 Å². The smallest absolute Gasteiger partial charge is 0.229 e. The van der Waals surface area contributed by atoms with Crippen LogP contribution < -0.4 is 4.74 Å². The van der Waals surface area contributed by atoms with Crippen molar-refractivity contribution in [3.63, 3.8) is 0 Å². The van der Waals surface area contributed by atoms with E-state index in [1.54, 1.807) is 18.3 Å². The fourth-order valence-corrected chi connectivity index (χ4v) is 1.36. The third-order valence-electron chi connectivity index (χ3n) is 2.06. The van der Waals surface area contributed by atoms with E-state index < -0.39 is 0 Å². The monoisotopic (exact) mass is 253 g/mol. The summed E-state index contributed by atoms with van der Waals surface area (Å²) in [5.41, 5.74) is 0. The molecule has 6 heteroatoms. The number of halogens is 1. The topological polar surface area (TPSA) is 61.0 Å². The first-order valence-corrected chi connectivity index (χ1v) is 5.60. The molecule has 0 amide bonds. The molecule has 0 atom stereocenters. The molecule has 5 nitrogen and oxygen atoms in total. The molecule has 0 aliphatic rings. The first-order valence-electron chi connectivity index (χ1n) is 5.22. The fraction of sp³-hybridized carbons (Fsp3) is 0.364. The first kappa shape index (κ1) is 11.9. The molecule has 0 unspecified atom stereocenters. The summed E-state index contributed by atoms with van der Waals surface area (Å²) in [7, 11) is 0. The van der Waals surface area contributed by atoms with Crippen molar-refractivity contribution in [1.82, 2.24) is 15.1 Å². The highest BCUT2D eigenvalue weighted by molar-refractivity contribution is 6.30. The number of pyridine rings is 1. The van der Waals surface area contributed by atoms with Gasteiger partial charge in [-0.1, -0.05) is 30.6 Å². The van der Waals surface area contributed by atoms with E-state index in [0.29, 0.717) is 22.6 Å². The number of aromatic nitrogens is 3. The van der Waals surface area contributed by atoms with Crippen LogP contribution in [0, 0.1) is 0 Å². The van der Waals surface area contributed by atoms with Gasteiger partial charge >= 0.3 is 0 Å². The second-order valence-electron chi connectivity index (χ2n) is 3.78. The predicted octanol–water partition coefficient (Wildman–Crippen LogP) is 2.82. The van der Waals surface area contributed by atoms with Crippen molar-refractivity contribution in [2.45, 2.75) is 26.4 Å². The van der Waals surface area contributed by atoms with E-state index in [0.717, 1.165) is 0 Å². The number of hydrogen-bond donors (Lipinski definition) is 0. The lowest BCUT2D eigenvalue weighted by atomic mass is 10.2. The van der Waals surface area contributed by atoms with Gasteiger partial charge in [0.15, 0.2) is 17.5 Å². The summed E-state index contributed by atoms with van der Waals surface area (Å²) in [5.74, 6) is 1.80. The van der Waals surface area contributed by atoms with Crippen LogP contribution in [-0.4, -0.2) is 15.1 Å². The highest BCUT2D eigenvalue weighted by Crippen LogP contribution is 2.21. The standard InChI is InChI=1S/C11H12ClN3O2/c1-7(2)11-14-9(15-17-11)6-16-8-4-3-5-13-10(8)12/h3-5,7H,6H2,1-2H3. The highest BCUT2D eigenvalue weighted by Gasteiger charge is 2.10. The lowest BCUT2D eigenvalue weighted by Crippen LogP contribution is -1.99. The highest BCUT2D eigenvalue weighted by atomic mass is 35.5. The zero-order valence-corrected chi connectivity index (χ0v) is 10.3. The number of hydrogen-bond acceptors (Lipinski definition) is 5. The number of ether oxygens (including phenoxy) is 1. The van der Waals surface area contributed by atoms with E-state index in [-0.39, 0.29) is 12.5 Å². The van der Waals surface area contributed by atoms with Crippen LogP contribution >= 0.6 is 11.6 Å². The van der Waals surface area contributed by atoms with Crippen LogP contribution in [0.2, 0.25) is 5.15 Å². The van der Waals surface area contributed by atoms with Gasteiger partial charge in [-0.05, 0) is 12.1 Å². The Kier molecular flexibility index (Phi) is 3.58. The molecule has 0 aliphatic carbocycles. The van der Waals surface area contributed by atoms with Crippen molar-refractivity contribution in [3.05, 3.63) is 35.2 Å². The molecule has 2 heterocycles. The first-order chi connectivity index (χ1) is 8.16. The summed E-state index contributed by atoms with van der Waals surface area (Å²) >= 11 is 5.85. The maximum atomic E-state index is 5.85. The molecule has 2 aromatic heterocycles. The normalized spacial score (nSPS) is 10.8. The Hall–Kier alpha value is -1.62. The predicted molar refractivity (Wildman–Crippen MR) is 62.0 cm³/mol. The summed E-state index contributed by atoms with van der Waals surface area (Å²) in [6.07, 6.45) is 1.60. The molecule has 90 valence electrons. The lowest BCUT2D eigenvalue weighted by molar-refractivity contribution is 0.283. The second-order valence-corrected chi connectivity index (χ2v) is 4.14. The van der Waals surface area contributed by atoms with E-state index >= 15 is 0 Å². The molecule has 2 aromatic rings. The van der Waals surface area contributed by atoms with E-state index in [4.69, 9.17) is 20.9 Å². The van der Waals surface area contributed by atoms with Gasteiger partial charge in [0.1, 0.15) is 0 Å². The molecule has 0 radical (unpaired) electrons. The molecule has 0 N–H and O–H groups in total. The average Bonchev–Trinajstić information content (AvgIpc) is 2.77.